The third-order valence-electron chi connectivity index (χ3n) is 5.34. The van der Waals surface area contributed by atoms with Gasteiger partial charge in [-0.1, -0.05) is 6.07 Å². The molecule has 8 nitrogen and oxygen atoms in total. The van der Waals surface area contributed by atoms with Crippen molar-refractivity contribution >= 4 is 23.8 Å². The molecule has 2 aromatic rings. The topological polar surface area (TPSA) is 72.9 Å². The fourth-order valence-electron chi connectivity index (χ4n) is 3.67. The summed E-state index contributed by atoms with van der Waals surface area (Å²) in [7, 11) is 0. The van der Waals surface area contributed by atoms with Crippen LogP contribution in [0, 0.1) is 0 Å². The Balaban J connectivity index is 1.39. The van der Waals surface area contributed by atoms with Gasteiger partial charge in [-0.15, -0.1) is 0 Å². The second-order valence-corrected chi connectivity index (χ2v) is 7.03. The molecule has 8 heteroatoms. The SMILES string of the molecule is O=CN1CCN(C(=O)c2cncc(N3CCN(c4ccccn4)CC3)c2)CC1. The summed E-state index contributed by atoms with van der Waals surface area (Å²) in [5, 5.41) is 0. The Morgan fingerprint density at radius 1 is 0.929 bits per heavy atom. The second kappa shape index (κ2) is 8.24. The van der Waals surface area contributed by atoms with Crippen molar-refractivity contribution in [2.24, 2.45) is 0 Å². The number of amides is 2. The Kier molecular flexibility index (Phi) is 5.36. The van der Waals surface area contributed by atoms with Crippen LogP contribution in [0.3, 0.4) is 0 Å². The van der Waals surface area contributed by atoms with Gasteiger partial charge in [-0.05, 0) is 18.2 Å². The highest BCUT2D eigenvalue weighted by molar-refractivity contribution is 5.95. The molecule has 2 aliphatic heterocycles. The van der Waals surface area contributed by atoms with Crippen LogP contribution < -0.4 is 9.80 Å². The van der Waals surface area contributed by atoms with E-state index < -0.39 is 0 Å². The standard InChI is InChI=1S/C20H24N6O2/c27-16-23-5-7-26(8-6-23)20(28)17-13-18(15-21-14-17)24-9-11-25(12-10-24)19-3-1-2-4-22-19/h1-4,13-16H,5-12H2. The summed E-state index contributed by atoms with van der Waals surface area (Å²) in [4.78, 5) is 40.4. The van der Waals surface area contributed by atoms with E-state index in [9.17, 15) is 9.59 Å². The fraction of sp³-hybridized carbons (Fsp3) is 0.400. The molecule has 0 radical (unpaired) electrons. The quantitative estimate of drug-likeness (QED) is 0.728. The molecule has 2 aliphatic rings. The van der Waals surface area contributed by atoms with Crippen LogP contribution in [-0.2, 0) is 4.79 Å². The number of piperazine rings is 2. The van der Waals surface area contributed by atoms with E-state index in [2.05, 4.69) is 19.8 Å². The highest BCUT2D eigenvalue weighted by atomic mass is 16.2. The number of pyridine rings is 2. The maximum Gasteiger partial charge on any atom is 0.255 e. The van der Waals surface area contributed by atoms with E-state index >= 15 is 0 Å². The largest absolute Gasteiger partial charge is 0.367 e. The van der Waals surface area contributed by atoms with Crippen LogP contribution in [0.4, 0.5) is 11.5 Å². The summed E-state index contributed by atoms with van der Waals surface area (Å²) in [5.41, 5.74) is 1.57. The van der Waals surface area contributed by atoms with Gasteiger partial charge in [0, 0.05) is 64.8 Å². The van der Waals surface area contributed by atoms with Crippen LogP contribution in [0.25, 0.3) is 0 Å². The lowest BCUT2D eigenvalue weighted by Crippen LogP contribution is -2.48. The van der Waals surface area contributed by atoms with Crippen molar-refractivity contribution in [1.82, 2.24) is 19.8 Å². The molecule has 0 aliphatic carbocycles. The molecule has 2 saturated heterocycles. The molecule has 146 valence electrons. The van der Waals surface area contributed by atoms with Gasteiger partial charge in [-0.3, -0.25) is 14.6 Å². The third kappa shape index (κ3) is 3.90. The van der Waals surface area contributed by atoms with Crippen LogP contribution in [0.15, 0.2) is 42.9 Å². The van der Waals surface area contributed by atoms with Gasteiger partial charge in [0.1, 0.15) is 5.82 Å². The predicted molar refractivity (Wildman–Crippen MR) is 106 cm³/mol. The number of carbonyl (C=O) groups excluding carboxylic acids is 2. The summed E-state index contributed by atoms with van der Waals surface area (Å²) >= 11 is 0. The van der Waals surface area contributed by atoms with Crippen molar-refractivity contribution in [3.8, 4) is 0 Å². The van der Waals surface area contributed by atoms with Crippen molar-refractivity contribution in [2.75, 3.05) is 62.2 Å². The molecule has 28 heavy (non-hydrogen) atoms. The van der Waals surface area contributed by atoms with Gasteiger partial charge < -0.3 is 19.6 Å². The van der Waals surface area contributed by atoms with Crippen LogP contribution in [-0.4, -0.2) is 84.4 Å². The molecule has 2 aromatic heterocycles. The minimum Gasteiger partial charge on any atom is -0.367 e. The molecule has 0 spiro atoms. The van der Waals surface area contributed by atoms with E-state index in [1.54, 1.807) is 16.0 Å². The van der Waals surface area contributed by atoms with E-state index in [-0.39, 0.29) is 5.91 Å². The first-order chi connectivity index (χ1) is 13.7. The van der Waals surface area contributed by atoms with Crippen LogP contribution in [0.5, 0.6) is 0 Å². The first-order valence-electron chi connectivity index (χ1n) is 9.59. The molecule has 2 amide bonds. The van der Waals surface area contributed by atoms with Crippen molar-refractivity contribution in [2.45, 2.75) is 0 Å². The van der Waals surface area contributed by atoms with Gasteiger partial charge in [0.05, 0.1) is 17.4 Å². The number of hydrogen-bond acceptors (Lipinski definition) is 6. The normalized spacial score (nSPS) is 17.6. The summed E-state index contributed by atoms with van der Waals surface area (Å²) in [6, 6.07) is 7.88. The fourth-order valence-corrected chi connectivity index (χ4v) is 3.67. The highest BCUT2D eigenvalue weighted by Gasteiger charge is 2.23. The number of nitrogens with zero attached hydrogens (tertiary/aromatic N) is 6. The predicted octanol–water partition coefficient (Wildman–Crippen LogP) is 0.717. The monoisotopic (exact) mass is 380 g/mol. The average Bonchev–Trinajstić information content (AvgIpc) is 2.79. The number of carbonyl (C=O) groups is 2. The smallest absolute Gasteiger partial charge is 0.255 e. The van der Waals surface area contributed by atoms with Crippen molar-refractivity contribution < 1.29 is 9.59 Å². The third-order valence-corrected chi connectivity index (χ3v) is 5.34. The molecule has 0 unspecified atom stereocenters. The van der Waals surface area contributed by atoms with Gasteiger partial charge in [0.15, 0.2) is 0 Å². The summed E-state index contributed by atoms with van der Waals surface area (Å²) in [5.74, 6) is 0.977. The summed E-state index contributed by atoms with van der Waals surface area (Å²) in [6.45, 7) is 5.75. The first kappa shape index (κ1) is 18.2. The molecule has 0 aromatic carbocycles. The molecule has 0 atom stereocenters. The Hall–Kier alpha value is -3.16. The molecule has 2 fully saturated rings. The Labute approximate surface area is 164 Å². The number of anilines is 2. The maximum atomic E-state index is 12.8. The first-order valence-corrected chi connectivity index (χ1v) is 9.59. The van der Waals surface area contributed by atoms with Crippen LogP contribution >= 0.6 is 0 Å². The minimum absolute atomic E-state index is 0.0213. The van der Waals surface area contributed by atoms with Gasteiger partial charge in [-0.25, -0.2) is 4.98 Å². The van der Waals surface area contributed by atoms with Gasteiger partial charge >= 0.3 is 0 Å². The molecule has 0 N–H and O–H groups in total. The zero-order chi connectivity index (χ0) is 19.3. The van der Waals surface area contributed by atoms with Gasteiger partial charge in [0.25, 0.3) is 5.91 Å². The van der Waals surface area contributed by atoms with E-state index in [1.807, 2.05) is 36.7 Å². The highest BCUT2D eigenvalue weighted by Crippen LogP contribution is 2.20. The van der Waals surface area contributed by atoms with Crippen molar-refractivity contribution in [3.05, 3.63) is 48.4 Å². The zero-order valence-electron chi connectivity index (χ0n) is 15.8. The van der Waals surface area contributed by atoms with E-state index in [4.69, 9.17) is 0 Å². The number of aromatic nitrogens is 2. The lowest BCUT2D eigenvalue weighted by molar-refractivity contribution is -0.119. The lowest BCUT2D eigenvalue weighted by atomic mass is 10.2. The van der Waals surface area contributed by atoms with Crippen molar-refractivity contribution in [1.29, 1.82) is 0 Å². The molecule has 0 bridgehead atoms. The maximum absolute atomic E-state index is 12.8. The van der Waals surface area contributed by atoms with E-state index in [0.29, 0.717) is 31.7 Å². The Bertz CT molecular complexity index is 814. The van der Waals surface area contributed by atoms with Crippen LogP contribution in [0.1, 0.15) is 10.4 Å². The van der Waals surface area contributed by atoms with Crippen molar-refractivity contribution in [3.63, 3.8) is 0 Å². The average molecular weight is 380 g/mol. The number of hydrogen-bond donors (Lipinski definition) is 0. The van der Waals surface area contributed by atoms with Gasteiger partial charge in [0.2, 0.25) is 6.41 Å². The summed E-state index contributed by atoms with van der Waals surface area (Å²) < 4.78 is 0. The van der Waals surface area contributed by atoms with Crippen LogP contribution in [0.2, 0.25) is 0 Å². The number of rotatable bonds is 4. The van der Waals surface area contributed by atoms with E-state index in [0.717, 1.165) is 44.1 Å². The molecule has 0 saturated carbocycles. The lowest BCUT2D eigenvalue weighted by Gasteiger charge is -2.36. The Morgan fingerprint density at radius 3 is 2.36 bits per heavy atom. The molecule has 4 rings (SSSR count). The minimum atomic E-state index is -0.0213. The zero-order valence-corrected chi connectivity index (χ0v) is 15.8. The van der Waals surface area contributed by atoms with E-state index in [1.165, 1.54) is 0 Å². The molecule has 4 heterocycles. The molecular formula is C20H24N6O2. The van der Waals surface area contributed by atoms with Gasteiger partial charge in [-0.2, -0.15) is 0 Å². The Morgan fingerprint density at radius 2 is 1.68 bits per heavy atom. The second-order valence-electron chi connectivity index (χ2n) is 7.03. The molecular weight excluding hydrogens is 356 g/mol. The summed E-state index contributed by atoms with van der Waals surface area (Å²) in [6.07, 6.45) is 6.10.